The molecular formula is C20H25ClN2O2S. The quantitative estimate of drug-likeness (QED) is 0.715. The lowest BCUT2D eigenvalue weighted by atomic mass is 10.1. The molecule has 140 valence electrons. The average molecular weight is 393 g/mol. The van der Waals surface area contributed by atoms with Gasteiger partial charge in [0.25, 0.3) is 5.91 Å². The summed E-state index contributed by atoms with van der Waals surface area (Å²) in [7, 11) is 1.54. The van der Waals surface area contributed by atoms with Crippen LogP contribution >= 0.6 is 23.1 Å². The lowest BCUT2D eigenvalue weighted by Crippen LogP contribution is -2.18. The first-order chi connectivity index (χ1) is 12.2. The second-order valence-corrected chi connectivity index (χ2v) is 9.15. The van der Waals surface area contributed by atoms with E-state index < -0.39 is 0 Å². The second-order valence-electron chi connectivity index (χ2n) is 7.75. The first-order valence-electron chi connectivity index (χ1n) is 8.90. The molecule has 2 atom stereocenters. The Bertz CT molecular complexity index is 892. The number of carbonyl (C=O) groups excluding carboxylic acids is 1. The maximum atomic E-state index is 12.8. The molecule has 1 aromatic carbocycles. The topological polar surface area (TPSA) is 43.6 Å². The van der Waals surface area contributed by atoms with Crippen LogP contribution in [0.1, 0.15) is 62.4 Å². The number of carbonyl (C=O) groups is 1. The van der Waals surface area contributed by atoms with Crippen molar-refractivity contribution < 1.29 is 9.53 Å². The smallest absolute Gasteiger partial charge is 0.282 e. The van der Waals surface area contributed by atoms with Crippen LogP contribution in [0.25, 0.3) is 0 Å². The Hall–Kier alpha value is -1.59. The molecule has 26 heavy (non-hydrogen) atoms. The van der Waals surface area contributed by atoms with E-state index in [1.165, 1.54) is 12.0 Å². The van der Waals surface area contributed by atoms with E-state index >= 15 is 0 Å². The Morgan fingerprint density at radius 3 is 2.73 bits per heavy atom. The molecule has 1 aromatic heterocycles. The molecule has 4 nitrogen and oxygen atoms in total. The molecule has 0 aliphatic heterocycles. The van der Waals surface area contributed by atoms with Crippen LogP contribution in [0, 0.1) is 5.92 Å². The number of hydrogen-bond acceptors (Lipinski definition) is 3. The van der Waals surface area contributed by atoms with Crippen molar-refractivity contribution in [3.63, 3.8) is 0 Å². The van der Waals surface area contributed by atoms with Crippen molar-refractivity contribution in [3.05, 3.63) is 45.2 Å². The third kappa shape index (κ3) is 3.89. The molecule has 1 saturated carbocycles. The molecule has 1 fully saturated rings. The molecule has 1 amide bonds. The molecule has 0 spiro atoms. The molecule has 1 aliphatic carbocycles. The van der Waals surface area contributed by atoms with Gasteiger partial charge in [0.05, 0.1) is 12.7 Å². The van der Waals surface area contributed by atoms with Gasteiger partial charge in [0.15, 0.2) is 0 Å². The van der Waals surface area contributed by atoms with E-state index in [0.29, 0.717) is 28.2 Å². The summed E-state index contributed by atoms with van der Waals surface area (Å²) in [6.07, 6.45) is 4.51. The number of hydrogen-bond donors (Lipinski definition) is 0. The summed E-state index contributed by atoms with van der Waals surface area (Å²) in [6.45, 7) is 8.68. The summed E-state index contributed by atoms with van der Waals surface area (Å²) in [4.78, 5) is 17.3. The Balaban J connectivity index is 2.06. The van der Waals surface area contributed by atoms with Gasteiger partial charge in [0.1, 0.15) is 10.4 Å². The van der Waals surface area contributed by atoms with Crippen LogP contribution in [0.5, 0.6) is 5.75 Å². The zero-order valence-corrected chi connectivity index (χ0v) is 17.4. The Kier molecular flexibility index (Phi) is 5.31. The molecule has 6 heteroatoms. The first kappa shape index (κ1) is 19.2. The Morgan fingerprint density at radius 1 is 1.42 bits per heavy atom. The normalized spacial score (nSPS) is 20.3. The number of benzene rings is 1. The van der Waals surface area contributed by atoms with Gasteiger partial charge in [-0.05, 0) is 68.8 Å². The van der Waals surface area contributed by atoms with Crippen molar-refractivity contribution >= 4 is 29.0 Å². The van der Waals surface area contributed by atoms with Crippen molar-refractivity contribution in [2.45, 2.75) is 52.0 Å². The maximum absolute atomic E-state index is 12.8. The van der Waals surface area contributed by atoms with Crippen molar-refractivity contribution in [1.82, 2.24) is 3.96 Å². The van der Waals surface area contributed by atoms with E-state index in [1.807, 2.05) is 0 Å². The summed E-state index contributed by atoms with van der Waals surface area (Å²) < 4.78 is 8.29. The number of aromatic nitrogens is 1. The molecule has 1 aliphatic rings. The number of amides is 1. The van der Waals surface area contributed by atoms with Gasteiger partial charge in [-0.25, -0.2) is 0 Å². The summed E-state index contributed by atoms with van der Waals surface area (Å²) in [6, 6.07) is 5.02. The second kappa shape index (κ2) is 7.20. The number of methoxy groups -OCH3 is 1. The summed E-state index contributed by atoms with van der Waals surface area (Å²) in [5.41, 5.74) is 1.54. The van der Waals surface area contributed by atoms with Crippen molar-refractivity contribution in [1.29, 1.82) is 0 Å². The van der Waals surface area contributed by atoms with Gasteiger partial charge in [-0.1, -0.05) is 24.9 Å². The fraction of sp³-hybridized carbons (Fsp3) is 0.500. The van der Waals surface area contributed by atoms with Crippen LogP contribution in [-0.4, -0.2) is 17.0 Å². The monoisotopic (exact) mass is 392 g/mol. The van der Waals surface area contributed by atoms with Crippen molar-refractivity contribution in [2.24, 2.45) is 10.9 Å². The van der Waals surface area contributed by atoms with Crippen molar-refractivity contribution in [2.75, 3.05) is 7.11 Å². The zero-order valence-electron chi connectivity index (χ0n) is 15.9. The SMILES string of the molecule is CCC1CC1c1cn(C(C)(C)C)sc1=NC(=O)c1cc(Cl)ccc1OC. The molecule has 2 aromatic rings. The molecule has 0 bridgehead atoms. The van der Waals surface area contributed by atoms with Crippen molar-refractivity contribution in [3.8, 4) is 5.75 Å². The molecule has 0 N–H and O–H groups in total. The Labute approximate surface area is 163 Å². The lowest BCUT2D eigenvalue weighted by Gasteiger charge is -2.19. The first-order valence-corrected chi connectivity index (χ1v) is 10.1. The molecular weight excluding hydrogens is 368 g/mol. The van der Waals surface area contributed by atoms with E-state index in [2.05, 4.69) is 42.8 Å². The minimum Gasteiger partial charge on any atom is -0.496 e. The molecule has 0 saturated heterocycles. The minimum absolute atomic E-state index is 0.0411. The highest BCUT2D eigenvalue weighted by Gasteiger charge is 2.39. The van der Waals surface area contributed by atoms with E-state index in [1.54, 1.807) is 36.8 Å². The highest BCUT2D eigenvalue weighted by atomic mass is 35.5. The highest BCUT2D eigenvalue weighted by molar-refractivity contribution is 7.04. The van der Waals surface area contributed by atoms with Gasteiger partial charge in [0, 0.05) is 22.3 Å². The number of nitrogens with zero attached hydrogens (tertiary/aromatic N) is 2. The van der Waals surface area contributed by atoms with E-state index in [4.69, 9.17) is 16.3 Å². The minimum atomic E-state index is -0.317. The van der Waals surface area contributed by atoms with Crippen LogP contribution in [0.3, 0.4) is 0 Å². The molecule has 2 unspecified atom stereocenters. The summed E-state index contributed by atoms with van der Waals surface area (Å²) >= 11 is 7.61. The lowest BCUT2D eigenvalue weighted by molar-refractivity contribution is 0.0996. The number of ether oxygens (including phenoxy) is 1. The summed E-state index contributed by atoms with van der Waals surface area (Å²) in [5.74, 6) is 1.38. The molecule has 1 heterocycles. The standard InChI is InChI=1S/C20H25ClN2O2S/c1-6-12-9-14(12)16-11-23(20(2,3)4)26-19(16)22-18(24)15-10-13(21)7-8-17(15)25-5/h7-8,10-12,14H,6,9H2,1-5H3. The van der Waals surface area contributed by atoms with Gasteiger partial charge < -0.3 is 4.74 Å². The third-order valence-corrected chi connectivity index (χ3v) is 6.38. The predicted octanol–water partition coefficient (Wildman–Crippen LogP) is 5.22. The van der Waals surface area contributed by atoms with Gasteiger partial charge in [-0.15, -0.1) is 0 Å². The van der Waals surface area contributed by atoms with Gasteiger partial charge in [-0.3, -0.25) is 8.75 Å². The fourth-order valence-electron chi connectivity index (χ4n) is 3.10. The van der Waals surface area contributed by atoms with Gasteiger partial charge in [0.2, 0.25) is 0 Å². The van der Waals surface area contributed by atoms with E-state index in [9.17, 15) is 4.79 Å². The average Bonchev–Trinajstić information content (AvgIpc) is 3.25. The van der Waals surface area contributed by atoms with Gasteiger partial charge >= 0.3 is 0 Å². The highest BCUT2D eigenvalue weighted by Crippen LogP contribution is 2.48. The van der Waals surface area contributed by atoms with Crippen LogP contribution in [0.15, 0.2) is 29.4 Å². The zero-order chi connectivity index (χ0) is 19.1. The fourth-order valence-corrected chi connectivity index (χ4v) is 4.33. The van der Waals surface area contributed by atoms with Crippen LogP contribution in [0.4, 0.5) is 0 Å². The van der Waals surface area contributed by atoms with Crippen LogP contribution in [0.2, 0.25) is 5.02 Å². The Morgan fingerprint density at radius 2 is 2.15 bits per heavy atom. The molecule has 0 radical (unpaired) electrons. The van der Waals surface area contributed by atoms with E-state index in [0.717, 1.165) is 11.1 Å². The third-order valence-electron chi connectivity index (χ3n) is 4.79. The predicted molar refractivity (Wildman–Crippen MR) is 106 cm³/mol. The van der Waals surface area contributed by atoms with Crippen LogP contribution < -0.4 is 9.41 Å². The van der Waals surface area contributed by atoms with E-state index in [-0.39, 0.29) is 11.4 Å². The molecule has 3 rings (SSSR count). The maximum Gasteiger partial charge on any atom is 0.282 e. The largest absolute Gasteiger partial charge is 0.496 e. The van der Waals surface area contributed by atoms with Gasteiger partial charge in [-0.2, -0.15) is 4.99 Å². The van der Waals surface area contributed by atoms with Crippen LogP contribution in [-0.2, 0) is 5.54 Å². The summed E-state index contributed by atoms with van der Waals surface area (Å²) in [5, 5.41) is 0.494. The number of rotatable bonds is 4. The number of halogens is 1.